The number of nitrogens with zero attached hydrogens (tertiary/aromatic N) is 1. The van der Waals surface area contributed by atoms with Gasteiger partial charge >= 0.3 is 0 Å². The Balaban J connectivity index is 3.29. The third-order valence-corrected chi connectivity index (χ3v) is 1.32. The summed E-state index contributed by atoms with van der Waals surface area (Å²) < 4.78 is 0. The Morgan fingerprint density at radius 1 is 1.40 bits per heavy atom. The summed E-state index contributed by atoms with van der Waals surface area (Å²) in [6, 6.07) is 0. The van der Waals surface area contributed by atoms with Crippen LogP contribution in [0.25, 0.3) is 0 Å². The van der Waals surface area contributed by atoms with Gasteiger partial charge in [0.15, 0.2) is 0 Å². The molecule has 0 rings (SSSR count). The Labute approximate surface area is 62.2 Å². The minimum atomic E-state index is -0.162. The van der Waals surface area contributed by atoms with E-state index in [4.69, 9.17) is 0 Å². The molecule has 0 aliphatic heterocycles. The topological polar surface area (TPSA) is 41.5 Å². The third kappa shape index (κ3) is 4.44. The van der Waals surface area contributed by atoms with Gasteiger partial charge < -0.3 is 0 Å². The molecule has 0 spiro atoms. The van der Waals surface area contributed by atoms with Gasteiger partial charge in [-0.15, -0.1) is 4.91 Å². The Bertz CT molecular complexity index is 85.7. The maximum atomic E-state index is 10.1. The highest BCUT2D eigenvalue weighted by atomic mass is 16.3. The van der Waals surface area contributed by atoms with Crippen LogP contribution in [0.15, 0.2) is 5.18 Å². The Kier molecular flexibility index (Phi) is 6.38. The molecule has 0 aliphatic rings. The molecule has 0 amide bonds. The molecule has 3 heteroatoms. The van der Waals surface area contributed by atoms with Crippen LogP contribution >= 0.6 is 0 Å². The molecule has 60 valence electrons. The molecule has 0 saturated heterocycles. The van der Waals surface area contributed by atoms with Crippen LogP contribution in [0.4, 0.5) is 0 Å². The molecule has 0 aromatic rings. The first-order valence-corrected chi connectivity index (χ1v) is 3.91. The molecule has 0 fully saturated rings. The molecular weight excluding hydrogens is 128 g/mol. The van der Waals surface area contributed by atoms with Crippen molar-refractivity contribution in [3.05, 3.63) is 4.91 Å². The van der Waals surface area contributed by atoms with Gasteiger partial charge in [0, 0.05) is 0 Å². The van der Waals surface area contributed by atoms with Gasteiger partial charge in [-0.3, -0.25) is 5.32 Å². The van der Waals surface area contributed by atoms with Gasteiger partial charge in [0.05, 0.1) is 0 Å². The monoisotopic (exact) mass is 144 g/mol. The number of hydrogen-bond donors (Lipinski definition) is 1. The largest absolute Gasteiger partial charge is 0.293 e. The molecule has 0 aromatic carbocycles. The van der Waals surface area contributed by atoms with Crippen molar-refractivity contribution >= 4 is 0 Å². The van der Waals surface area contributed by atoms with Crippen molar-refractivity contribution in [2.45, 2.75) is 39.3 Å². The Hall–Kier alpha value is -0.440. The normalized spacial score (nSPS) is 13.0. The first kappa shape index (κ1) is 9.56. The summed E-state index contributed by atoms with van der Waals surface area (Å²) in [4.78, 5) is 10.1. The number of nitroso groups, excluding NO2 is 1. The standard InChI is InChI=1S/C7H16N2O/c1-3-5-7(9-10)8-6-4-2/h7-8H,3-6H2,1-2H3. The number of rotatable bonds is 6. The van der Waals surface area contributed by atoms with E-state index in [1.165, 1.54) is 0 Å². The Morgan fingerprint density at radius 3 is 2.50 bits per heavy atom. The van der Waals surface area contributed by atoms with Crippen molar-refractivity contribution in [3.8, 4) is 0 Å². The van der Waals surface area contributed by atoms with Crippen LogP contribution in [-0.4, -0.2) is 12.7 Å². The Morgan fingerprint density at radius 2 is 2.10 bits per heavy atom. The third-order valence-electron chi connectivity index (χ3n) is 1.32. The fourth-order valence-corrected chi connectivity index (χ4v) is 0.776. The van der Waals surface area contributed by atoms with E-state index in [1.54, 1.807) is 0 Å². The molecule has 0 aliphatic carbocycles. The molecule has 0 heterocycles. The average molecular weight is 144 g/mol. The molecule has 1 unspecified atom stereocenters. The van der Waals surface area contributed by atoms with E-state index >= 15 is 0 Å². The maximum Gasteiger partial charge on any atom is 0.142 e. The van der Waals surface area contributed by atoms with Crippen molar-refractivity contribution < 1.29 is 0 Å². The fraction of sp³-hybridized carbons (Fsp3) is 1.00. The first-order valence-electron chi connectivity index (χ1n) is 3.91. The summed E-state index contributed by atoms with van der Waals surface area (Å²) in [5.74, 6) is 0. The fourth-order valence-electron chi connectivity index (χ4n) is 0.776. The zero-order valence-electron chi connectivity index (χ0n) is 6.76. The average Bonchev–Trinajstić information content (AvgIpc) is 1.98. The van der Waals surface area contributed by atoms with Crippen LogP contribution in [-0.2, 0) is 0 Å². The van der Waals surface area contributed by atoms with E-state index in [0.717, 1.165) is 25.8 Å². The van der Waals surface area contributed by atoms with Crippen molar-refractivity contribution in [3.63, 3.8) is 0 Å². The van der Waals surface area contributed by atoms with Gasteiger partial charge in [-0.25, -0.2) is 0 Å². The molecule has 0 bridgehead atoms. The van der Waals surface area contributed by atoms with Crippen molar-refractivity contribution in [1.82, 2.24) is 5.32 Å². The van der Waals surface area contributed by atoms with Crippen LogP contribution in [0.1, 0.15) is 33.1 Å². The molecule has 10 heavy (non-hydrogen) atoms. The molecule has 1 atom stereocenters. The quantitative estimate of drug-likeness (QED) is 0.578. The first-order chi connectivity index (χ1) is 4.85. The zero-order chi connectivity index (χ0) is 7.82. The van der Waals surface area contributed by atoms with Crippen LogP contribution < -0.4 is 5.32 Å². The van der Waals surface area contributed by atoms with E-state index in [1.807, 2.05) is 6.92 Å². The predicted octanol–water partition coefficient (Wildman–Crippen LogP) is 1.88. The lowest BCUT2D eigenvalue weighted by Crippen LogP contribution is -2.27. The van der Waals surface area contributed by atoms with Gasteiger partial charge in [-0.05, 0) is 19.4 Å². The smallest absolute Gasteiger partial charge is 0.142 e. The summed E-state index contributed by atoms with van der Waals surface area (Å²) in [7, 11) is 0. The minimum absolute atomic E-state index is 0.162. The second kappa shape index (κ2) is 6.68. The van der Waals surface area contributed by atoms with E-state index in [-0.39, 0.29) is 6.17 Å². The highest BCUT2D eigenvalue weighted by molar-refractivity contribution is 4.60. The van der Waals surface area contributed by atoms with E-state index in [0.29, 0.717) is 0 Å². The number of hydrogen-bond acceptors (Lipinski definition) is 3. The minimum Gasteiger partial charge on any atom is -0.293 e. The van der Waals surface area contributed by atoms with Crippen LogP contribution in [0.3, 0.4) is 0 Å². The van der Waals surface area contributed by atoms with Gasteiger partial charge in [0.25, 0.3) is 0 Å². The van der Waals surface area contributed by atoms with Crippen LogP contribution in [0.2, 0.25) is 0 Å². The molecular formula is C7H16N2O. The SMILES string of the molecule is CCCNC(CCC)N=O. The van der Waals surface area contributed by atoms with Crippen LogP contribution in [0.5, 0.6) is 0 Å². The maximum absolute atomic E-state index is 10.1. The zero-order valence-corrected chi connectivity index (χ0v) is 6.76. The van der Waals surface area contributed by atoms with E-state index in [9.17, 15) is 4.91 Å². The molecule has 0 radical (unpaired) electrons. The summed E-state index contributed by atoms with van der Waals surface area (Å²) in [5, 5.41) is 6.00. The van der Waals surface area contributed by atoms with Crippen LogP contribution in [0, 0.1) is 4.91 Å². The van der Waals surface area contributed by atoms with E-state index < -0.39 is 0 Å². The molecule has 0 aromatic heterocycles. The molecule has 0 saturated carbocycles. The van der Waals surface area contributed by atoms with Crippen molar-refractivity contribution in [2.24, 2.45) is 5.18 Å². The lowest BCUT2D eigenvalue weighted by Gasteiger charge is -2.07. The lowest BCUT2D eigenvalue weighted by atomic mass is 10.3. The second-order valence-corrected chi connectivity index (χ2v) is 2.36. The summed E-state index contributed by atoms with van der Waals surface area (Å²) >= 11 is 0. The molecule has 1 N–H and O–H groups in total. The summed E-state index contributed by atoms with van der Waals surface area (Å²) in [6.07, 6.45) is 2.75. The highest BCUT2D eigenvalue weighted by Crippen LogP contribution is 1.96. The van der Waals surface area contributed by atoms with Gasteiger partial charge in [0.1, 0.15) is 6.17 Å². The highest BCUT2D eigenvalue weighted by Gasteiger charge is 2.03. The summed E-state index contributed by atoms with van der Waals surface area (Å²) in [6.45, 7) is 5.00. The van der Waals surface area contributed by atoms with Gasteiger partial charge in [0.2, 0.25) is 0 Å². The van der Waals surface area contributed by atoms with Gasteiger partial charge in [-0.2, -0.15) is 0 Å². The van der Waals surface area contributed by atoms with Crippen molar-refractivity contribution in [2.75, 3.05) is 6.54 Å². The van der Waals surface area contributed by atoms with Gasteiger partial charge in [-0.1, -0.05) is 25.4 Å². The predicted molar refractivity (Wildman–Crippen MR) is 42.8 cm³/mol. The van der Waals surface area contributed by atoms with E-state index in [2.05, 4.69) is 17.4 Å². The second-order valence-electron chi connectivity index (χ2n) is 2.36. The molecule has 3 nitrogen and oxygen atoms in total. The summed E-state index contributed by atoms with van der Waals surface area (Å²) in [5.41, 5.74) is 0. The lowest BCUT2D eigenvalue weighted by molar-refractivity contribution is 0.489. The van der Waals surface area contributed by atoms with Crippen molar-refractivity contribution in [1.29, 1.82) is 0 Å². The number of nitrogens with one attached hydrogen (secondary N) is 1.